The molecule has 1 atom stereocenters. The molecule has 2 aromatic rings. The molecule has 2 rings (SSSR count). The average molecular weight is 354 g/mol. The number of likely N-dealkylation sites (N-methyl/N-ethyl adjacent to an activating group) is 1. The van der Waals surface area contributed by atoms with Crippen LogP contribution in [0.5, 0.6) is 0 Å². The molecule has 1 heterocycles. The van der Waals surface area contributed by atoms with Crippen LogP contribution < -0.4 is 5.32 Å². The van der Waals surface area contributed by atoms with E-state index in [0.29, 0.717) is 5.56 Å². The molecule has 0 bridgehead atoms. The SMILES string of the molecule is CCn1nc(C)c(Br)c1CC(NC)c1ccc(C)c(F)c1. The van der Waals surface area contributed by atoms with Crippen LogP contribution in [0, 0.1) is 19.7 Å². The lowest BCUT2D eigenvalue weighted by molar-refractivity contribution is 0.534. The highest BCUT2D eigenvalue weighted by Crippen LogP contribution is 2.27. The van der Waals surface area contributed by atoms with Crippen LogP contribution in [-0.4, -0.2) is 16.8 Å². The van der Waals surface area contributed by atoms with Crippen LogP contribution in [0.2, 0.25) is 0 Å². The van der Waals surface area contributed by atoms with Crippen molar-refractivity contribution in [2.75, 3.05) is 7.05 Å². The molecule has 1 aromatic carbocycles. The zero-order valence-corrected chi connectivity index (χ0v) is 14.5. The summed E-state index contributed by atoms with van der Waals surface area (Å²) in [5, 5.41) is 7.78. The Hall–Kier alpha value is -1.20. The maximum atomic E-state index is 13.8. The van der Waals surface area contributed by atoms with Gasteiger partial charge in [-0.2, -0.15) is 5.10 Å². The first-order valence-corrected chi connectivity index (χ1v) is 7.92. The van der Waals surface area contributed by atoms with Gasteiger partial charge in [-0.15, -0.1) is 0 Å². The van der Waals surface area contributed by atoms with Crippen LogP contribution in [0.4, 0.5) is 4.39 Å². The molecule has 0 aliphatic rings. The van der Waals surface area contributed by atoms with Gasteiger partial charge in [0.25, 0.3) is 0 Å². The molecule has 5 heteroatoms. The highest BCUT2D eigenvalue weighted by Gasteiger charge is 2.18. The van der Waals surface area contributed by atoms with Crippen LogP contribution in [0.25, 0.3) is 0 Å². The maximum Gasteiger partial charge on any atom is 0.126 e. The van der Waals surface area contributed by atoms with E-state index in [9.17, 15) is 4.39 Å². The van der Waals surface area contributed by atoms with Crippen LogP contribution in [0.3, 0.4) is 0 Å². The lowest BCUT2D eigenvalue weighted by atomic mass is 10.0. The van der Waals surface area contributed by atoms with Crippen molar-refractivity contribution in [2.45, 2.75) is 39.8 Å². The second-order valence-electron chi connectivity index (χ2n) is 5.22. The Morgan fingerprint density at radius 1 is 1.38 bits per heavy atom. The molecule has 0 aliphatic carbocycles. The van der Waals surface area contributed by atoms with E-state index in [0.717, 1.165) is 34.4 Å². The molecule has 0 aliphatic heterocycles. The number of nitrogens with one attached hydrogen (secondary N) is 1. The fourth-order valence-corrected chi connectivity index (χ4v) is 2.92. The molecule has 1 aromatic heterocycles. The van der Waals surface area contributed by atoms with Gasteiger partial charge < -0.3 is 5.32 Å². The highest BCUT2D eigenvalue weighted by atomic mass is 79.9. The summed E-state index contributed by atoms with van der Waals surface area (Å²) in [7, 11) is 1.90. The summed E-state index contributed by atoms with van der Waals surface area (Å²) in [6.45, 7) is 6.65. The smallest absolute Gasteiger partial charge is 0.126 e. The third kappa shape index (κ3) is 3.35. The molecule has 114 valence electrons. The first-order chi connectivity index (χ1) is 9.97. The van der Waals surface area contributed by atoms with Crippen LogP contribution >= 0.6 is 15.9 Å². The zero-order valence-electron chi connectivity index (χ0n) is 12.9. The summed E-state index contributed by atoms with van der Waals surface area (Å²) < 4.78 is 16.8. The fourth-order valence-electron chi connectivity index (χ4n) is 2.47. The average Bonchev–Trinajstić information content (AvgIpc) is 2.75. The number of benzene rings is 1. The zero-order chi connectivity index (χ0) is 15.6. The van der Waals surface area contributed by atoms with E-state index in [-0.39, 0.29) is 11.9 Å². The Labute approximate surface area is 133 Å². The van der Waals surface area contributed by atoms with Gasteiger partial charge in [-0.05, 0) is 60.9 Å². The normalized spacial score (nSPS) is 12.7. The number of halogens is 2. The minimum Gasteiger partial charge on any atom is -0.313 e. The Morgan fingerprint density at radius 2 is 2.10 bits per heavy atom. The predicted molar refractivity (Wildman–Crippen MR) is 87.0 cm³/mol. The fraction of sp³-hybridized carbons (Fsp3) is 0.438. The monoisotopic (exact) mass is 353 g/mol. The van der Waals surface area contributed by atoms with Crippen molar-refractivity contribution < 1.29 is 4.39 Å². The molecule has 0 spiro atoms. The van der Waals surface area contributed by atoms with Gasteiger partial charge in [0.05, 0.1) is 15.9 Å². The number of rotatable bonds is 5. The highest BCUT2D eigenvalue weighted by molar-refractivity contribution is 9.10. The summed E-state index contributed by atoms with van der Waals surface area (Å²) in [5.74, 6) is -0.160. The van der Waals surface area contributed by atoms with E-state index in [1.807, 2.05) is 30.8 Å². The molecule has 0 saturated heterocycles. The molecular formula is C16H21BrFN3. The lowest BCUT2D eigenvalue weighted by Crippen LogP contribution is -2.21. The topological polar surface area (TPSA) is 29.9 Å². The van der Waals surface area contributed by atoms with E-state index in [4.69, 9.17) is 0 Å². The van der Waals surface area contributed by atoms with Gasteiger partial charge in [0.2, 0.25) is 0 Å². The second kappa shape index (κ2) is 6.71. The minimum absolute atomic E-state index is 0.0535. The van der Waals surface area contributed by atoms with Gasteiger partial charge in [-0.1, -0.05) is 12.1 Å². The molecule has 0 saturated carbocycles. The van der Waals surface area contributed by atoms with E-state index < -0.39 is 0 Å². The second-order valence-corrected chi connectivity index (χ2v) is 6.01. The number of aromatic nitrogens is 2. The van der Waals surface area contributed by atoms with Gasteiger partial charge in [0.15, 0.2) is 0 Å². The van der Waals surface area contributed by atoms with Gasteiger partial charge in [-0.3, -0.25) is 4.68 Å². The van der Waals surface area contributed by atoms with Crippen LogP contribution in [0.1, 0.15) is 35.5 Å². The number of nitrogens with zero attached hydrogens (tertiary/aromatic N) is 2. The van der Waals surface area contributed by atoms with Crippen molar-refractivity contribution in [1.82, 2.24) is 15.1 Å². The van der Waals surface area contributed by atoms with Crippen molar-refractivity contribution in [3.63, 3.8) is 0 Å². The third-order valence-corrected chi connectivity index (χ3v) is 4.83. The summed E-state index contributed by atoms with van der Waals surface area (Å²) in [6.07, 6.45) is 0.758. The van der Waals surface area contributed by atoms with Crippen LogP contribution in [0.15, 0.2) is 22.7 Å². The summed E-state index contributed by atoms with van der Waals surface area (Å²) in [6, 6.07) is 5.47. The first-order valence-electron chi connectivity index (χ1n) is 7.13. The quantitative estimate of drug-likeness (QED) is 0.882. The van der Waals surface area contributed by atoms with E-state index >= 15 is 0 Å². The summed E-state index contributed by atoms with van der Waals surface area (Å²) in [4.78, 5) is 0. The molecule has 21 heavy (non-hydrogen) atoms. The Bertz CT molecular complexity index is 637. The van der Waals surface area contributed by atoms with Crippen molar-refractivity contribution >= 4 is 15.9 Å². The molecule has 3 nitrogen and oxygen atoms in total. The standard InChI is InChI=1S/C16H21BrFN3/c1-5-21-15(16(17)11(3)20-21)9-14(19-4)12-7-6-10(2)13(18)8-12/h6-8,14,19H,5,9H2,1-4H3. The van der Waals surface area contributed by atoms with E-state index in [2.05, 4.69) is 33.3 Å². The summed E-state index contributed by atoms with van der Waals surface area (Å²) >= 11 is 3.61. The number of hydrogen-bond donors (Lipinski definition) is 1. The molecular weight excluding hydrogens is 333 g/mol. The Kier molecular flexibility index (Phi) is 5.17. The van der Waals surface area contributed by atoms with Crippen molar-refractivity contribution in [2.24, 2.45) is 0 Å². The minimum atomic E-state index is -0.160. The predicted octanol–water partition coefficient (Wildman–Crippen LogP) is 3.92. The first kappa shape index (κ1) is 16.2. The maximum absolute atomic E-state index is 13.8. The third-order valence-electron chi connectivity index (χ3n) is 3.80. The Morgan fingerprint density at radius 3 is 2.67 bits per heavy atom. The summed E-state index contributed by atoms with van der Waals surface area (Å²) in [5.41, 5.74) is 3.74. The molecule has 0 fully saturated rings. The molecule has 1 N–H and O–H groups in total. The molecule has 0 amide bonds. The van der Waals surface area contributed by atoms with Gasteiger partial charge in [0.1, 0.15) is 5.82 Å². The Balaban J connectivity index is 2.33. The van der Waals surface area contributed by atoms with Crippen molar-refractivity contribution in [1.29, 1.82) is 0 Å². The lowest BCUT2D eigenvalue weighted by Gasteiger charge is -2.18. The van der Waals surface area contributed by atoms with Gasteiger partial charge >= 0.3 is 0 Å². The van der Waals surface area contributed by atoms with Crippen molar-refractivity contribution in [3.05, 3.63) is 51.0 Å². The number of aryl methyl sites for hydroxylation is 3. The largest absolute Gasteiger partial charge is 0.313 e. The van der Waals surface area contributed by atoms with Gasteiger partial charge in [-0.25, -0.2) is 4.39 Å². The van der Waals surface area contributed by atoms with E-state index in [1.54, 1.807) is 13.0 Å². The van der Waals surface area contributed by atoms with Gasteiger partial charge in [0, 0.05) is 19.0 Å². The van der Waals surface area contributed by atoms with E-state index in [1.165, 1.54) is 0 Å². The molecule has 1 unspecified atom stereocenters. The van der Waals surface area contributed by atoms with Crippen LogP contribution in [-0.2, 0) is 13.0 Å². The molecule has 0 radical (unpaired) electrons. The number of hydrogen-bond acceptors (Lipinski definition) is 2. The van der Waals surface area contributed by atoms with Crippen molar-refractivity contribution in [3.8, 4) is 0 Å².